The molecule has 0 saturated carbocycles. The van der Waals surface area contributed by atoms with Gasteiger partial charge in [0.1, 0.15) is 0 Å². The number of fused-ring (bicyclic) bond motifs is 1. The van der Waals surface area contributed by atoms with Crippen LogP contribution in [0, 0.1) is 0 Å². The van der Waals surface area contributed by atoms with Crippen LogP contribution in [0.15, 0.2) is 18.3 Å². The molecule has 0 atom stereocenters. The molecule has 0 N–H and O–H groups in total. The topological polar surface area (TPSA) is 16.1 Å². The Labute approximate surface area is 70.8 Å². The Hall–Kier alpha value is -0.540. The summed E-state index contributed by atoms with van der Waals surface area (Å²) in [4.78, 5) is 4.30. The Morgan fingerprint density at radius 1 is 1.55 bits per heavy atom. The molecule has 0 aromatic carbocycles. The van der Waals surface area contributed by atoms with Crippen LogP contribution in [0.4, 0.5) is 0 Å². The molecule has 1 aromatic rings. The van der Waals surface area contributed by atoms with Crippen LogP contribution in [-0.2, 0) is 13.1 Å². The number of nitrogens with zero attached hydrogens (tertiary/aromatic N) is 2. The summed E-state index contributed by atoms with van der Waals surface area (Å²) in [6, 6.07) is 4.15. The van der Waals surface area contributed by atoms with E-state index in [9.17, 15) is 0 Å². The highest BCUT2D eigenvalue weighted by molar-refractivity contribution is 7.96. The van der Waals surface area contributed by atoms with Crippen LogP contribution >= 0.6 is 11.9 Å². The lowest BCUT2D eigenvalue weighted by molar-refractivity contribution is 0.507. The molecule has 1 aromatic heterocycles. The van der Waals surface area contributed by atoms with Gasteiger partial charge in [-0.2, -0.15) is 0 Å². The van der Waals surface area contributed by atoms with E-state index in [1.807, 2.05) is 12.3 Å². The monoisotopic (exact) mass is 166 g/mol. The summed E-state index contributed by atoms with van der Waals surface area (Å²) >= 11 is 1.78. The van der Waals surface area contributed by atoms with Crippen molar-refractivity contribution in [1.29, 1.82) is 0 Å². The average molecular weight is 166 g/mol. The summed E-state index contributed by atoms with van der Waals surface area (Å²) < 4.78 is 2.30. The van der Waals surface area contributed by atoms with Crippen molar-refractivity contribution in [1.82, 2.24) is 9.29 Å². The molecule has 3 heteroatoms. The summed E-state index contributed by atoms with van der Waals surface area (Å²) in [5.74, 6) is 0. The first-order valence-electron chi connectivity index (χ1n) is 3.62. The predicted molar refractivity (Wildman–Crippen MR) is 47.0 cm³/mol. The third kappa shape index (κ3) is 1.26. The lowest BCUT2D eigenvalue weighted by atomic mass is 10.2. The molecule has 0 bridgehead atoms. The Morgan fingerprint density at radius 2 is 2.45 bits per heavy atom. The molecule has 2 heterocycles. The molecule has 58 valence electrons. The summed E-state index contributed by atoms with van der Waals surface area (Å²) in [5.41, 5.74) is 2.61. The minimum absolute atomic E-state index is 0.997. The highest BCUT2D eigenvalue weighted by Gasteiger charge is 2.17. The fraction of sp³-hybridized carbons (Fsp3) is 0.375. The second-order valence-electron chi connectivity index (χ2n) is 2.59. The van der Waals surface area contributed by atoms with Gasteiger partial charge < -0.3 is 0 Å². The molecule has 0 saturated heterocycles. The molecular weight excluding hydrogens is 156 g/mol. The molecule has 0 fully saturated rings. The quantitative estimate of drug-likeness (QED) is 0.590. The van der Waals surface area contributed by atoms with Crippen LogP contribution in [0.3, 0.4) is 0 Å². The zero-order valence-corrected chi connectivity index (χ0v) is 7.27. The van der Waals surface area contributed by atoms with Crippen LogP contribution in [0.2, 0.25) is 0 Å². The van der Waals surface area contributed by atoms with Gasteiger partial charge in [-0.3, -0.25) is 4.98 Å². The van der Waals surface area contributed by atoms with E-state index in [1.54, 1.807) is 11.9 Å². The number of aromatic nitrogens is 1. The van der Waals surface area contributed by atoms with E-state index in [4.69, 9.17) is 0 Å². The minimum Gasteiger partial charge on any atom is -0.260 e. The van der Waals surface area contributed by atoms with Crippen molar-refractivity contribution < 1.29 is 0 Å². The SMILES string of the molecule is CSN1Cc2cccnc2C1. The third-order valence-electron chi connectivity index (χ3n) is 1.92. The fourth-order valence-electron chi connectivity index (χ4n) is 1.30. The first kappa shape index (κ1) is 7.13. The maximum Gasteiger partial charge on any atom is 0.0599 e. The predicted octanol–water partition coefficient (Wildman–Crippen LogP) is 1.68. The number of hydrogen-bond acceptors (Lipinski definition) is 3. The highest BCUT2D eigenvalue weighted by Crippen LogP contribution is 2.24. The van der Waals surface area contributed by atoms with Crippen molar-refractivity contribution in [2.75, 3.05) is 6.26 Å². The molecule has 0 amide bonds. The fourth-order valence-corrected chi connectivity index (χ4v) is 1.82. The zero-order valence-electron chi connectivity index (χ0n) is 6.45. The lowest BCUT2D eigenvalue weighted by Gasteiger charge is -2.07. The molecule has 0 spiro atoms. The van der Waals surface area contributed by atoms with Crippen LogP contribution in [-0.4, -0.2) is 15.5 Å². The number of hydrogen-bond donors (Lipinski definition) is 0. The van der Waals surface area contributed by atoms with Gasteiger partial charge in [-0.1, -0.05) is 18.0 Å². The lowest BCUT2D eigenvalue weighted by Crippen LogP contribution is -2.04. The zero-order chi connectivity index (χ0) is 7.68. The van der Waals surface area contributed by atoms with Gasteiger partial charge in [0.2, 0.25) is 0 Å². The Morgan fingerprint density at radius 3 is 3.18 bits per heavy atom. The van der Waals surface area contributed by atoms with Crippen molar-refractivity contribution in [3.05, 3.63) is 29.6 Å². The van der Waals surface area contributed by atoms with E-state index >= 15 is 0 Å². The van der Waals surface area contributed by atoms with Crippen LogP contribution in [0.5, 0.6) is 0 Å². The largest absolute Gasteiger partial charge is 0.260 e. The molecule has 0 radical (unpaired) electrons. The summed E-state index contributed by atoms with van der Waals surface area (Å²) in [7, 11) is 0. The molecular formula is C8H10N2S. The molecule has 0 aliphatic carbocycles. The summed E-state index contributed by atoms with van der Waals surface area (Å²) in [5, 5.41) is 0. The second kappa shape index (κ2) is 2.83. The van der Waals surface area contributed by atoms with Gasteiger partial charge in [0.25, 0.3) is 0 Å². The Bertz CT molecular complexity index is 237. The van der Waals surface area contributed by atoms with E-state index < -0.39 is 0 Å². The molecule has 11 heavy (non-hydrogen) atoms. The average Bonchev–Trinajstić information content (AvgIpc) is 2.46. The van der Waals surface area contributed by atoms with Gasteiger partial charge in [0, 0.05) is 12.7 Å². The maximum atomic E-state index is 4.30. The smallest absolute Gasteiger partial charge is 0.0599 e. The second-order valence-corrected chi connectivity index (χ2v) is 3.47. The Balaban J connectivity index is 2.27. The van der Waals surface area contributed by atoms with Crippen LogP contribution in [0.1, 0.15) is 11.3 Å². The van der Waals surface area contributed by atoms with Crippen molar-refractivity contribution in [3.63, 3.8) is 0 Å². The molecule has 1 aliphatic heterocycles. The third-order valence-corrected chi connectivity index (χ3v) is 2.69. The van der Waals surface area contributed by atoms with Gasteiger partial charge >= 0.3 is 0 Å². The van der Waals surface area contributed by atoms with E-state index in [1.165, 1.54) is 11.3 Å². The summed E-state index contributed by atoms with van der Waals surface area (Å²) in [6.07, 6.45) is 3.97. The highest BCUT2D eigenvalue weighted by atomic mass is 32.2. The number of pyridine rings is 1. The first-order chi connectivity index (χ1) is 5.40. The standard InChI is InChI=1S/C8H10N2S/c1-11-10-5-7-3-2-4-9-8(7)6-10/h2-4H,5-6H2,1H3. The van der Waals surface area contributed by atoms with Crippen molar-refractivity contribution >= 4 is 11.9 Å². The van der Waals surface area contributed by atoms with Crippen molar-refractivity contribution in [2.24, 2.45) is 0 Å². The van der Waals surface area contributed by atoms with Gasteiger partial charge in [-0.15, -0.1) is 0 Å². The van der Waals surface area contributed by atoms with Crippen molar-refractivity contribution in [3.8, 4) is 0 Å². The van der Waals surface area contributed by atoms with Gasteiger partial charge in [0.05, 0.1) is 12.2 Å². The van der Waals surface area contributed by atoms with E-state index in [2.05, 4.69) is 21.6 Å². The van der Waals surface area contributed by atoms with E-state index in [0.29, 0.717) is 0 Å². The Kier molecular flexibility index (Phi) is 1.84. The van der Waals surface area contributed by atoms with E-state index in [0.717, 1.165) is 13.1 Å². The van der Waals surface area contributed by atoms with Gasteiger partial charge in [-0.05, 0) is 17.9 Å². The maximum absolute atomic E-state index is 4.30. The molecule has 1 aliphatic rings. The minimum atomic E-state index is 0.997. The first-order valence-corrected chi connectivity index (χ1v) is 4.80. The van der Waals surface area contributed by atoms with Crippen LogP contribution < -0.4 is 0 Å². The summed E-state index contributed by atoms with van der Waals surface area (Å²) in [6.45, 7) is 2.04. The molecule has 2 nitrogen and oxygen atoms in total. The van der Waals surface area contributed by atoms with Gasteiger partial charge in [0.15, 0.2) is 0 Å². The molecule has 2 rings (SSSR count). The number of rotatable bonds is 1. The van der Waals surface area contributed by atoms with Gasteiger partial charge in [-0.25, -0.2) is 4.31 Å². The van der Waals surface area contributed by atoms with Crippen LogP contribution in [0.25, 0.3) is 0 Å². The molecule has 0 unspecified atom stereocenters. The van der Waals surface area contributed by atoms with Crippen molar-refractivity contribution in [2.45, 2.75) is 13.1 Å². The normalized spacial score (nSPS) is 16.8. The van der Waals surface area contributed by atoms with E-state index in [-0.39, 0.29) is 0 Å².